The molecule has 8 heterocycles. The van der Waals surface area contributed by atoms with Crippen LogP contribution < -0.4 is 44.4 Å². The van der Waals surface area contributed by atoms with Crippen LogP contribution in [0, 0.1) is 13.8 Å². The first-order valence-corrected chi connectivity index (χ1v) is 24.7. The fourth-order valence-electron chi connectivity index (χ4n) is 9.69. The van der Waals surface area contributed by atoms with E-state index in [1.807, 2.05) is 74.5 Å². The summed E-state index contributed by atoms with van der Waals surface area (Å²) < 4.78 is 36.3. The summed E-state index contributed by atoms with van der Waals surface area (Å²) in [5, 5.41) is 11.2. The number of fused-ring (bicyclic) bond motifs is 8. The SMILES string of the molecule is CC[C@H]1COc2ccc3nc(C)ccc3c2O1.Cc1ccc2c3c(ccc2n1)OC[C@H](CN1CCC(Oc2ccc4c(c2)NC(=O)CC4)CC1)O3.O=C1CCc2ccc(OC3CCNCC3)cc2N1. The van der Waals surface area contributed by atoms with Gasteiger partial charge in [-0.2, -0.15) is 0 Å². The Morgan fingerprint density at radius 2 is 1.12 bits per heavy atom. The minimum atomic E-state index is -0.0128. The monoisotopic (exact) mass is 934 g/mol. The van der Waals surface area contributed by atoms with Crippen molar-refractivity contribution < 1.29 is 38.0 Å². The van der Waals surface area contributed by atoms with E-state index in [1.54, 1.807) is 0 Å². The molecule has 6 aliphatic heterocycles. The fraction of sp³-hybridized carbons (Fsp3) is 0.418. The third-order valence-corrected chi connectivity index (χ3v) is 13.6. The number of amides is 2. The van der Waals surface area contributed by atoms with E-state index in [9.17, 15) is 9.59 Å². The summed E-state index contributed by atoms with van der Waals surface area (Å²) in [6.45, 7) is 12.0. The number of nitrogens with one attached hydrogen (secondary N) is 3. The average Bonchev–Trinajstić information content (AvgIpc) is 3.37. The van der Waals surface area contributed by atoms with Crippen LogP contribution in [-0.4, -0.2) is 97.0 Å². The minimum absolute atomic E-state index is 0.0128. The molecule has 0 aliphatic carbocycles. The number of aromatic nitrogens is 2. The molecule has 0 saturated carbocycles. The van der Waals surface area contributed by atoms with Gasteiger partial charge in [0.05, 0.1) is 11.0 Å². The number of likely N-dealkylation sites (tertiary alicyclic amines) is 1. The lowest BCUT2D eigenvalue weighted by atomic mass is 10.0. The van der Waals surface area contributed by atoms with Crippen LogP contribution in [0.15, 0.2) is 84.9 Å². The van der Waals surface area contributed by atoms with Crippen molar-refractivity contribution in [2.75, 3.05) is 56.6 Å². The molecule has 4 aromatic carbocycles. The number of ether oxygens (including phenoxy) is 6. The second-order valence-corrected chi connectivity index (χ2v) is 18.8. The number of rotatable bonds is 7. The van der Waals surface area contributed by atoms with Crippen LogP contribution in [0.1, 0.15) is 74.4 Å². The van der Waals surface area contributed by atoms with Crippen molar-refractivity contribution >= 4 is 45.0 Å². The summed E-state index contributed by atoms with van der Waals surface area (Å²) in [7, 11) is 0. The van der Waals surface area contributed by atoms with Crippen molar-refractivity contribution in [3.63, 3.8) is 0 Å². The van der Waals surface area contributed by atoms with Crippen molar-refractivity contribution in [2.45, 2.75) is 103 Å². The number of hydrogen-bond donors (Lipinski definition) is 3. The zero-order chi connectivity index (χ0) is 47.3. The standard InChI is InChI=1S/C27H29N3O4.C14H18N2O2.C14H15NO2/c1-17-2-6-22-23(28-17)7-8-25-27(22)34-21(16-32-25)15-30-12-10-19(11-13-30)33-20-5-3-18-4-9-26(31)29-24(18)14-20;17-14-4-2-10-1-3-12(9-13(10)16-14)18-11-5-7-15-8-6-11;1-3-10-8-16-13-7-6-12-11(14(13)17-10)5-4-9(2)15-12/h2-3,5-8,14,19,21H,4,9-13,15-16H2,1H3,(H,29,31);1,3,9,11,15H,2,4-8H2,(H,16,17);4-7,10H,3,8H2,1-2H3/t21-;;10-/m0.0/s1. The molecule has 0 radical (unpaired) electrons. The summed E-state index contributed by atoms with van der Waals surface area (Å²) in [6.07, 6.45) is 8.33. The number of aryl methyl sites for hydroxylation is 4. The second kappa shape index (κ2) is 20.9. The van der Waals surface area contributed by atoms with E-state index in [0.717, 1.165) is 157 Å². The van der Waals surface area contributed by atoms with Crippen LogP contribution in [-0.2, 0) is 22.4 Å². The number of piperidine rings is 2. The lowest BCUT2D eigenvalue weighted by Crippen LogP contribution is -2.45. The molecule has 3 N–H and O–H groups in total. The molecular formula is C55H62N6O8. The summed E-state index contributed by atoms with van der Waals surface area (Å²) >= 11 is 0. The Balaban J connectivity index is 0.000000133. The van der Waals surface area contributed by atoms with E-state index in [0.29, 0.717) is 32.2 Å². The number of benzene rings is 4. The first kappa shape index (κ1) is 46.1. The number of carbonyl (C=O) groups is 2. The number of hydrogen-bond acceptors (Lipinski definition) is 12. The highest BCUT2D eigenvalue weighted by Crippen LogP contribution is 2.40. The highest BCUT2D eigenvalue weighted by molar-refractivity contribution is 5.95. The van der Waals surface area contributed by atoms with Crippen molar-refractivity contribution in [2.24, 2.45) is 0 Å². The first-order valence-electron chi connectivity index (χ1n) is 24.7. The van der Waals surface area contributed by atoms with Crippen LogP contribution in [0.5, 0.6) is 34.5 Å². The predicted octanol–water partition coefficient (Wildman–Crippen LogP) is 8.91. The van der Waals surface area contributed by atoms with Gasteiger partial charge in [0.1, 0.15) is 49.1 Å². The molecule has 2 saturated heterocycles. The third kappa shape index (κ3) is 11.1. The molecular weight excluding hydrogens is 873 g/mol. The molecule has 2 amide bonds. The van der Waals surface area contributed by atoms with E-state index >= 15 is 0 Å². The lowest BCUT2D eigenvalue weighted by Gasteiger charge is -2.36. The van der Waals surface area contributed by atoms with E-state index in [1.165, 1.54) is 11.1 Å². The molecule has 0 spiro atoms. The van der Waals surface area contributed by atoms with E-state index in [-0.39, 0.29) is 30.1 Å². The van der Waals surface area contributed by atoms with E-state index in [2.05, 4.69) is 62.0 Å². The van der Waals surface area contributed by atoms with Crippen molar-refractivity contribution in [3.05, 3.63) is 107 Å². The Bertz CT molecular complexity index is 2820. The molecule has 6 aromatic rings. The van der Waals surface area contributed by atoms with E-state index in [4.69, 9.17) is 28.4 Å². The molecule has 2 atom stereocenters. The summed E-state index contributed by atoms with van der Waals surface area (Å²) in [4.78, 5) is 34.6. The quantitative estimate of drug-likeness (QED) is 0.140. The van der Waals surface area contributed by atoms with Crippen LogP contribution >= 0.6 is 0 Å². The van der Waals surface area contributed by atoms with Gasteiger partial charge in [0.15, 0.2) is 23.0 Å². The van der Waals surface area contributed by atoms with Crippen LogP contribution in [0.25, 0.3) is 21.8 Å². The van der Waals surface area contributed by atoms with Gasteiger partial charge < -0.3 is 44.4 Å². The molecule has 0 unspecified atom stereocenters. The maximum Gasteiger partial charge on any atom is 0.224 e. The Morgan fingerprint density at radius 3 is 1.65 bits per heavy atom. The van der Waals surface area contributed by atoms with Crippen molar-refractivity contribution in [1.82, 2.24) is 20.2 Å². The largest absolute Gasteiger partial charge is 0.490 e. The number of carbonyl (C=O) groups excluding carboxylic acids is 2. The van der Waals surface area contributed by atoms with Gasteiger partial charge in [0.25, 0.3) is 0 Å². The molecule has 2 aromatic heterocycles. The van der Waals surface area contributed by atoms with Gasteiger partial charge in [-0.1, -0.05) is 19.1 Å². The lowest BCUT2D eigenvalue weighted by molar-refractivity contribution is -0.117. The predicted molar refractivity (Wildman–Crippen MR) is 266 cm³/mol. The Kier molecular flexibility index (Phi) is 14.0. The Labute approximate surface area is 403 Å². The first-order chi connectivity index (χ1) is 33.7. The fourth-order valence-corrected chi connectivity index (χ4v) is 9.69. The third-order valence-electron chi connectivity index (χ3n) is 13.6. The number of anilines is 2. The van der Waals surface area contributed by atoms with Crippen molar-refractivity contribution in [1.29, 1.82) is 0 Å². The topological polar surface area (TPSA) is 155 Å². The highest BCUT2D eigenvalue weighted by atomic mass is 16.6. The van der Waals surface area contributed by atoms with Gasteiger partial charge >= 0.3 is 0 Å². The van der Waals surface area contributed by atoms with Crippen molar-refractivity contribution in [3.8, 4) is 34.5 Å². The van der Waals surface area contributed by atoms with Crippen LogP contribution in [0.4, 0.5) is 11.4 Å². The molecule has 2 fully saturated rings. The molecule has 360 valence electrons. The molecule has 12 rings (SSSR count). The summed E-state index contributed by atoms with van der Waals surface area (Å²) in [5.74, 6) is 5.14. The van der Waals surface area contributed by atoms with Gasteiger partial charge in [0, 0.05) is 78.1 Å². The van der Waals surface area contributed by atoms with Gasteiger partial charge in [-0.15, -0.1) is 0 Å². The molecule has 6 aliphatic rings. The summed E-state index contributed by atoms with van der Waals surface area (Å²) in [5.41, 5.74) is 8.08. The smallest absolute Gasteiger partial charge is 0.224 e. The van der Waals surface area contributed by atoms with Gasteiger partial charge in [-0.25, -0.2) is 0 Å². The maximum atomic E-state index is 11.7. The zero-order valence-electron chi connectivity index (χ0n) is 39.8. The molecule has 0 bridgehead atoms. The molecule has 69 heavy (non-hydrogen) atoms. The molecule has 14 nitrogen and oxygen atoms in total. The zero-order valence-corrected chi connectivity index (χ0v) is 39.8. The summed E-state index contributed by atoms with van der Waals surface area (Å²) in [6, 6.07) is 28.1. The average molecular weight is 935 g/mol. The molecule has 14 heteroatoms. The van der Waals surface area contributed by atoms with Gasteiger partial charge in [-0.3, -0.25) is 24.5 Å². The van der Waals surface area contributed by atoms with E-state index < -0.39 is 0 Å². The Morgan fingerprint density at radius 1 is 0.609 bits per heavy atom. The minimum Gasteiger partial charge on any atom is -0.490 e. The van der Waals surface area contributed by atoms with Gasteiger partial charge in [0.2, 0.25) is 11.8 Å². The Hall–Kier alpha value is -6.64. The highest BCUT2D eigenvalue weighted by Gasteiger charge is 2.29. The van der Waals surface area contributed by atoms with Crippen LogP contribution in [0.2, 0.25) is 0 Å². The normalized spacial score (nSPS) is 19.9. The van der Waals surface area contributed by atoms with Crippen LogP contribution in [0.3, 0.4) is 0 Å². The maximum absolute atomic E-state index is 11.7. The number of nitrogens with zero attached hydrogens (tertiary/aromatic N) is 3. The second-order valence-electron chi connectivity index (χ2n) is 18.8. The van der Waals surface area contributed by atoms with Gasteiger partial charge in [-0.05, 0) is 144 Å². The number of pyridine rings is 2.